The van der Waals surface area contributed by atoms with E-state index in [0.717, 1.165) is 23.1 Å². The van der Waals surface area contributed by atoms with E-state index in [2.05, 4.69) is 26.0 Å². The molecule has 0 saturated carbocycles. The Labute approximate surface area is 131 Å². The number of ketones is 1. The van der Waals surface area contributed by atoms with E-state index in [1.165, 1.54) is 5.56 Å². The van der Waals surface area contributed by atoms with Crippen LogP contribution < -0.4 is 0 Å². The highest BCUT2D eigenvalue weighted by Crippen LogP contribution is 2.55. The van der Waals surface area contributed by atoms with Crippen molar-refractivity contribution in [1.29, 1.82) is 0 Å². The fourth-order valence-electron chi connectivity index (χ4n) is 4.94. The van der Waals surface area contributed by atoms with Crippen molar-refractivity contribution in [3.8, 4) is 0 Å². The molecular formula is C19H22O3. The summed E-state index contributed by atoms with van der Waals surface area (Å²) in [5.41, 5.74) is 4.79. The molecule has 3 nitrogen and oxygen atoms in total. The van der Waals surface area contributed by atoms with Crippen LogP contribution in [0.3, 0.4) is 0 Å². The second-order valence-electron chi connectivity index (χ2n) is 7.30. The molecule has 0 radical (unpaired) electrons. The van der Waals surface area contributed by atoms with E-state index in [0.29, 0.717) is 11.5 Å². The topological polar surface area (TPSA) is 46.5 Å². The largest absolute Gasteiger partial charge is 0.511 e. The highest BCUT2D eigenvalue weighted by Gasteiger charge is 2.61. The van der Waals surface area contributed by atoms with Crippen LogP contribution in [0.25, 0.3) is 5.57 Å². The number of aliphatic hydroxyl groups is 1. The minimum absolute atomic E-state index is 0.00232. The van der Waals surface area contributed by atoms with Gasteiger partial charge in [0.1, 0.15) is 5.76 Å². The van der Waals surface area contributed by atoms with E-state index in [-0.39, 0.29) is 35.6 Å². The van der Waals surface area contributed by atoms with Crippen molar-refractivity contribution in [3.05, 3.63) is 40.1 Å². The van der Waals surface area contributed by atoms with Gasteiger partial charge in [-0.2, -0.15) is 0 Å². The molecule has 2 heterocycles. The van der Waals surface area contributed by atoms with E-state index in [4.69, 9.17) is 4.74 Å². The zero-order chi connectivity index (χ0) is 15.8. The molecule has 0 spiro atoms. The van der Waals surface area contributed by atoms with Crippen molar-refractivity contribution < 1.29 is 14.6 Å². The smallest absolute Gasteiger partial charge is 0.173 e. The van der Waals surface area contributed by atoms with Gasteiger partial charge in [0.15, 0.2) is 5.78 Å². The van der Waals surface area contributed by atoms with Gasteiger partial charge in [-0.3, -0.25) is 4.79 Å². The lowest BCUT2D eigenvalue weighted by molar-refractivity contribution is -0.118. The number of carbonyl (C=O) groups excluding carboxylic acids is 1. The van der Waals surface area contributed by atoms with Gasteiger partial charge in [-0.25, -0.2) is 0 Å². The Morgan fingerprint density at radius 3 is 2.41 bits per heavy atom. The molecule has 2 saturated heterocycles. The Kier molecular flexibility index (Phi) is 2.83. The third-order valence-electron chi connectivity index (χ3n) is 5.69. The molecular weight excluding hydrogens is 276 g/mol. The highest BCUT2D eigenvalue weighted by molar-refractivity contribution is 6.26. The van der Waals surface area contributed by atoms with Crippen molar-refractivity contribution in [1.82, 2.24) is 0 Å². The molecule has 5 atom stereocenters. The minimum Gasteiger partial charge on any atom is -0.511 e. The molecule has 2 fully saturated rings. The molecule has 22 heavy (non-hydrogen) atoms. The molecule has 116 valence electrons. The van der Waals surface area contributed by atoms with Crippen molar-refractivity contribution in [2.24, 2.45) is 17.8 Å². The summed E-state index contributed by atoms with van der Waals surface area (Å²) in [5.74, 6) is 0.467. The summed E-state index contributed by atoms with van der Waals surface area (Å²) in [6.07, 6.45) is 0.926. The number of hydrogen-bond acceptors (Lipinski definition) is 3. The Morgan fingerprint density at radius 1 is 1.14 bits per heavy atom. The number of aryl methyl sites for hydroxylation is 3. The molecule has 3 aliphatic rings. The SMILES string of the molecule is Cc1cc(C)c(C2=C(O)[C@@H]3C4OC(C[C@@H]4C)[C@@H]3C2=O)c(C)c1. The van der Waals surface area contributed by atoms with Crippen LogP contribution >= 0.6 is 0 Å². The zero-order valence-corrected chi connectivity index (χ0v) is 13.5. The monoisotopic (exact) mass is 298 g/mol. The molecule has 0 amide bonds. The molecule has 2 aliphatic heterocycles. The van der Waals surface area contributed by atoms with Gasteiger partial charge in [-0.15, -0.1) is 0 Å². The number of fused-ring (bicyclic) bond motifs is 5. The van der Waals surface area contributed by atoms with E-state index < -0.39 is 0 Å². The van der Waals surface area contributed by atoms with Gasteiger partial charge in [-0.05, 0) is 49.8 Å². The van der Waals surface area contributed by atoms with E-state index in [1.54, 1.807) is 0 Å². The Hall–Kier alpha value is -1.61. The van der Waals surface area contributed by atoms with Crippen LogP contribution in [-0.4, -0.2) is 23.1 Å². The molecule has 1 aromatic carbocycles. The van der Waals surface area contributed by atoms with Gasteiger partial charge in [-0.1, -0.05) is 24.6 Å². The molecule has 3 heteroatoms. The number of allylic oxidation sites excluding steroid dienone is 1. The van der Waals surface area contributed by atoms with E-state index in [1.807, 2.05) is 13.8 Å². The van der Waals surface area contributed by atoms with Gasteiger partial charge in [0.2, 0.25) is 0 Å². The predicted octanol–water partition coefficient (Wildman–Crippen LogP) is 3.50. The second-order valence-corrected chi connectivity index (χ2v) is 7.30. The number of benzene rings is 1. The number of aliphatic hydroxyl groups excluding tert-OH is 1. The van der Waals surface area contributed by atoms with Crippen LogP contribution in [0.5, 0.6) is 0 Å². The average molecular weight is 298 g/mol. The predicted molar refractivity (Wildman–Crippen MR) is 84.6 cm³/mol. The van der Waals surface area contributed by atoms with Gasteiger partial charge in [0.05, 0.1) is 29.6 Å². The third-order valence-corrected chi connectivity index (χ3v) is 5.69. The fourth-order valence-corrected chi connectivity index (χ4v) is 4.94. The van der Waals surface area contributed by atoms with E-state index in [9.17, 15) is 9.90 Å². The zero-order valence-electron chi connectivity index (χ0n) is 13.5. The average Bonchev–Trinajstić information content (AvgIpc) is 3.03. The van der Waals surface area contributed by atoms with Crippen LogP contribution in [0.2, 0.25) is 0 Å². The maximum absolute atomic E-state index is 13.0. The van der Waals surface area contributed by atoms with Crippen LogP contribution in [0, 0.1) is 38.5 Å². The number of rotatable bonds is 1. The summed E-state index contributed by atoms with van der Waals surface area (Å²) in [5, 5.41) is 10.8. The Bertz CT molecular complexity index is 692. The fraction of sp³-hybridized carbons (Fsp3) is 0.526. The minimum atomic E-state index is -0.170. The maximum Gasteiger partial charge on any atom is 0.173 e. The quantitative estimate of drug-likeness (QED) is 0.863. The lowest BCUT2D eigenvalue weighted by atomic mass is 9.75. The number of ether oxygens (including phenoxy) is 1. The van der Waals surface area contributed by atoms with Gasteiger partial charge >= 0.3 is 0 Å². The lowest BCUT2D eigenvalue weighted by Gasteiger charge is -2.24. The van der Waals surface area contributed by atoms with Crippen molar-refractivity contribution in [2.75, 3.05) is 0 Å². The first-order valence-corrected chi connectivity index (χ1v) is 8.11. The Morgan fingerprint density at radius 2 is 1.77 bits per heavy atom. The van der Waals surface area contributed by atoms with Crippen molar-refractivity contribution in [3.63, 3.8) is 0 Å². The molecule has 4 rings (SSSR count). The van der Waals surface area contributed by atoms with Crippen molar-refractivity contribution in [2.45, 2.75) is 46.3 Å². The third kappa shape index (κ3) is 1.63. The number of Topliss-reactive ketones (excluding diaryl/α,β-unsaturated/α-hetero) is 1. The molecule has 2 unspecified atom stereocenters. The summed E-state index contributed by atoms with van der Waals surface area (Å²) >= 11 is 0. The van der Waals surface area contributed by atoms with Crippen LogP contribution in [0.4, 0.5) is 0 Å². The Balaban J connectivity index is 1.87. The summed E-state index contributed by atoms with van der Waals surface area (Å²) in [6.45, 7) is 8.24. The van der Waals surface area contributed by atoms with Gasteiger partial charge < -0.3 is 9.84 Å². The normalized spacial score (nSPS) is 36.4. The van der Waals surface area contributed by atoms with Gasteiger partial charge in [0.25, 0.3) is 0 Å². The van der Waals surface area contributed by atoms with Crippen LogP contribution in [0.15, 0.2) is 17.9 Å². The van der Waals surface area contributed by atoms with Crippen LogP contribution in [0.1, 0.15) is 35.6 Å². The first kappa shape index (κ1) is 14.0. The molecule has 1 aliphatic carbocycles. The summed E-state index contributed by atoms with van der Waals surface area (Å²) in [7, 11) is 0. The highest BCUT2D eigenvalue weighted by atomic mass is 16.5. The summed E-state index contributed by atoms with van der Waals surface area (Å²) < 4.78 is 5.94. The first-order valence-electron chi connectivity index (χ1n) is 8.11. The number of hydrogen-bond donors (Lipinski definition) is 1. The van der Waals surface area contributed by atoms with Crippen molar-refractivity contribution >= 4 is 11.4 Å². The number of carbonyl (C=O) groups is 1. The molecule has 2 bridgehead atoms. The molecule has 0 aromatic heterocycles. The summed E-state index contributed by atoms with van der Waals surface area (Å²) in [6, 6.07) is 4.16. The lowest BCUT2D eigenvalue weighted by Crippen LogP contribution is -2.33. The maximum atomic E-state index is 13.0. The first-order chi connectivity index (χ1) is 10.4. The standard InChI is InChI=1S/C19H22O3/c1-8-5-9(2)13(10(3)6-8)15-17(20)14-12-7-11(4)19(22-12)16(14)18(15)21/h5-6,11-12,14,16,19,21H,7H2,1-4H3/t11-,12?,14-,16+,19?/m0/s1. The molecule has 1 aromatic rings. The second kappa shape index (κ2) is 4.45. The van der Waals surface area contributed by atoms with Crippen LogP contribution in [-0.2, 0) is 9.53 Å². The summed E-state index contributed by atoms with van der Waals surface area (Å²) in [4.78, 5) is 13.0. The van der Waals surface area contributed by atoms with Gasteiger partial charge in [0, 0.05) is 0 Å². The van der Waals surface area contributed by atoms with E-state index >= 15 is 0 Å². The molecule has 1 N–H and O–H groups in total.